The molecule has 1 amide bonds. The zero-order valence-electron chi connectivity index (χ0n) is 15.4. The SMILES string of the molecule is COc1ccc(-c2cc(C(=O)N[C@@H](C(=O)[O-])C(C)C)c(C)o2)cc1OC. The molecule has 140 valence electrons. The van der Waals surface area contributed by atoms with Gasteiger partial charge in [0.1, 0.15) is 11.5 Å². The van der Waals surface area contributed by atoms with Gasteiger partial charge in [0.15, 0.2) is 11.5 Å². The van der Waals surface area contributed by atoms with Crippen molar-refractivity contribution in [1.29, 1.82) is 0 Å². The summed E-state index contributed by atoms with van der Waals surface area (Å²) in [6.45, 7) is 5.03. The predicted octanol–water partition coefficient (Wildman–Crippen LogP) is 1.78. The van der Waals surface area contributed by atoms with Crippen LogP contribution in [0.5, 0.6) is 11.5 Å². The number of rotatable bonds is 7. The average Bonchev–Trinajstić information content (AvgIpc) is 3.00. The lowest BCUT2D eigenvalue weighted by Crippen LogP contribution is -2.50. The number of methoxy groups -OCH3 is 2. The molecule has 7 nitrogen and oxygen atoms in total. The van der Waals surface area contributed by atoms with Gasteiger partial charge in [0, 0.05) is 5.56 Å². The number of carbonyl (C=O) groups is 2. The summed E-state index contributed by atoms with van der Waals surface area (Å²) in [5, 5.41) is 13.6. The number of amides is 1. The molecule has 1 atom stereocenters. The number of carbonyl (C=O) groups excluding carboxylic acids is 2. The monoisotopic (exact) mass is 360 g/mol. The van der Waals surface area contributed by atoms with Crippen LogP contribution in [0.3, 0.4) is 0 Å². The number of aryl methyl sites for hydroxylation is 1. The van der Waals surface area contributed by atoms with Crippen molar-refractivity contribution in [2.24, 2.45) is 5.92 Å². The lowest BCUT2D eigenvalue weighted by molar-refractivity contribution is -0.309. The average molecular weight is 360 g/mol. The second-order valence-electron chi connectivity index (χ2n) is 6.16. The van der Waals surface area contributed by atoms with Crippen molar-refractivity contribution < 1.29 is 28.6 Å². The second-order valence-corrected chi connectivity index (χ2v) is 6.16. The van der Waals surface area contributed by atoms with Crippen LogP contribution in [0.1, 0.15) is 30.0 Å². The Morgan fingerprint density at radius 1 is 1.12 bits per heavy atom. The summed E-state index contributed by atoms with van der Waals surface area (Å²) in [5.74, 6) is -0.207. The lowest BCUT2D eigenvalue weighted by Gasteiger charge is -2.22. The molecule has 1 aromatic carbocycles. The molecule has 0 aliphatic rings. The fraction of sp³-hybridized carbons (Fsp3) is 0.368. The van der Waals surface area contributed by atoms with Crippen molar-refractivity contribution >= 4 is 11.9 Å². The highest BCUT2D eigenvalue weighted by molar-refractivity contribution is 5.98. The minimum atomic E-state index is -1.32. The molecular weight excluding hydrogens is 338 g/mol. The van der Waals surface area contributed by atoms with Crippen LogP contribution in [-0.2, 0) is 4.79 Å². The molecule has 0 bridgehead atoms. The van der Waals surface area contributed by atoms with Gasteiger partial charge in [-0.1, -0.05) is 13.8 Å². The van der Waals surface area contributed by atoms with Crippen molar-refractivity contribution in [1.82, 2.24) is 5.32 Å². The Balaban J connectivity index is 2.31. The summed E-state index contributed by atoms with van der Waals surface area (Å²) in [6, 6.07) is 5.73. The zero-order chi connectivity index (χ0) is 19.4. The highest BCUT2D eigenvalue weighted by Crippen LogP contribution is 2.34. The summed E-state index contributed by atoms with van der Waals surface area (Å²) < 4.78 is 16.1. The van der Waals surface area contributed by atoms with Crippen LogP contribution < -0.4 is 19.9 Å². The van der Waals surface area contributed by atoms with Gasteiger partial charge in [-0.05, 0) is 37.1 Å². The van der Waals surface area contributed by atoms with Gasteiger partial charge in [0.05, 0.1) is 31.8 Å². The molecule has 0 aliphatic heterocycles. The van der Waals surface area contributed by atoms with E-state index in [1.165, 1.54) is 7.11 Å². The molecule has 1 aromatic heterocycles. The van der Waals surface area contributed by atoms with Crippen LogP contribution in [-0.4, -0.2) is 32.1 Å². The Kier molecular flexibility index (Phi) is 5.92. The third kappa shape index (κ3) is 3.99. The summed E-state index contributed by atoms with van der Waals surface area (Å²) in [5.41, 5.74) is 0.965. The van der Waals surface area contributed by atoms with Gasteiger partial charge in [-0.15, -0.1) is 0 Å². The molecule has 7 heteroatoms. The maximum Gasteiger partial charge on any atom is 0.255 e. The Morgan fingerprint density at radius 3 is 2.31 bits per heavy atom. The van der Waals surface area contributed by atoms with Gasteiger partial charge in [-0.25, -0.2) is 0 Å². The molecule has 0 unspecified atom stereocenters. The number of benzene rings is 1. The minimum Gasteiger partial charge on any atom is -0.548 e. The summed E-state index contributed by atoms with van der Waals surface area (Å²) in [7, 11) is 3.07. The van der Waals surface area contributed by atoms with Crippen molar-refractivity contribution in [3.63, 3.8) is 0 Å². The van der Waals surface area contributed by atoms with E-state index in [0.29, 0.717) is 28.6 Å². The zero-order valence-corrected chi connectivity index (χ0v) is 15.4. The third-order valence-electron chi connectivity index (χ3n) is 4.04. The Bertz CT molecular complexity index is 808. The van der Waals surface area contributed by atoms with Crippen molar-refractivity contribution in [3.8, 4) is 22.8 Å². The highest BCUT2D eigenvalue weighted by Gasteiger charge is 2.22. The summed E-state index contributed by atoms with van der Waals surface area (Å²) >= 11 is 0. The molecule has 0 saturated carbocycles. The normalized spacial score (nSPS) is 11.9. The van der Waals surface area contributed by atoms with Crippen molar-refractivity contribution in [2.75, 3.05) is 14.2 Å². The van der Waals surface area contributed by atoms with E-state index in [1.807, 2.05) is 0 Å². The first-order valence-corrected chi connectivity index (χ1v) is 8.13. The van der Waals surface area contributed by atoms with Crippen LogP contribution in [0.4, 0.5) is 0 Å². The molecular formula is C19H22NO6-. The molecule has 0 fully saturated rings. The Hall–Kier alpha value is -2.96. The third-order valence-corrected chi connectivity index (χ3v) is 4.04. The van der Waals surface area contributed by atoms with Gasteiger partial charge < -0.3 is 29.1 Å². The number of carboxylic acids is 1. The first kappa shape index (κ1) is 19.4. The van der Waals surface area contributed by atoms with Crippen molar-refractivity contribution in [3.05, 3.63) is 35.6 Å². The van der Waals surface area contributed by atoms with Gasteiger partial charge in [0.25, 0.3) is 5.91 Å². The molecule has 2 aromatic rings. The smallest absolute Gasteiger partial charge is 0.255 e. The Morgan fingerprint density at radius 2 is 1.77 bits per heavy atom. The maximum absolute atomic E-state index is 12.4. The van der Waals surface area contributed by atoms with E-state index in [4.69, 9.17) is 13.9 Å². The molecule has 0 saturated heterocycles. The first-order chi connectivity index (χ1) is 12.3. The lowest BCUT2D eigenvalue weighted by atomic mass is 10.0. The maximum atomic E-state index is 12.4. The van der Waals surface area contributed by atoms with Crippen LogP contribution in [0, 0.1) is 12.8 Å². The highest BCUT2D eigenvalue weighted by atomic mass is 16.5. The number of carboxylic acid groups (broad SMARTS) is 1. The largest absolute Gasteiger partial charge is 0.548 e. The van der Waals surface area contributed by atoms with Crippen molar-refractivity contribution in [2.45, 2.75) is 26.8 Å². The van der Waals surface area contributed by atoms with E-state index >= 15 is 0 Å². The number of hydrogen-bond donors (Lipinski definition) is 1. The Labute approximate surface area is 151 Å². The van der Waals surface area contributed by atoms with Crippen LogP contribution in [0.15, 0.2) is 28.7 Å². The quantitative estimate of drug-likeness (QED) is 0.808. The topological polar surface area (TPSA) is 101 Å². The van der Waals surface area contributed by atoms with Crippen LogP contribution >= 0.6 is 0 Å². The van der Waals surface area contributed by atoms with Crippen LogP contribution in [0.2, 0.25) is 0 Å². The van der Waals surface area contributed by atoms with Gasteiger partial charge in [0.2, 0.25) is 0 Å². The van der Waals surface area contributed by atoms with E-state index in [1.54, 1.807) is 52.1 Å². The fourth-order valence-electron chi connectivity index (χ4n) is 2.56. The fourth-order valence-corrected chi connectivity index (χ4v) is 2.56. The minimum absolute atomic E-state index is 0.265. The molecule has 26 heavy (non-hydrogen) atoms. The number of furan rings is 1. The standard InChI is InChI=1S/C19H23NO6/c1-10(2)17(19(22)23)20-18(21)13-9-15(26-11(13)3)12-6-7-14(24-4)16(8-12)25-5/h6-10,17H,1-5H3,(H,20,21)(H,22,23)/p-1/t17-/m1/s1. The van der Waals surface area contributed by atoms with E-state index < -0.39 is 17.9 Å². The van der Waals surface area contributed by atoms with Crippen LogP contribution in [0.25, 0.3) is 11.3 Å². The molecule has 0 radical (unpaired) electrons. The molecule has 1 heterocycles. The predicted molar refractivity (Wildman–Crippen MR) is 93.1 cm³/mol. The molecule has 0 spiro atoms. The summed E-state index contributed by atoms with van der Waals surface area (Å²) in [6.07, 6.45) is 0. The van der Waals surface area contributed by atoms with E-state index in [2.05, 4.69) is 5.32 Å². The molecule has 0 aliphatic carbocycles. The van der Waals surface area contributed by atoms with E-state index in [9.17, 15) is 14.7 Å². The number of ether oxygens (including phenoxy) is 2. The number of hydrogen-bond acceptors (Lipinski definition) is 6. The van der Waals surface area contributed by atoms with E-state index in [0.717, 1.165) is 0 Å². The number of aliphatic carboxylic acids is 1. The van der Waals surface area contributed by atoms with Gasteiger partial charge in [-0.2, -0.15) is 0 Å². The van der Waals surface area contributed by atoms with E-state index in [-0.39, 0.29) is 11.5 Å². The number of nitrogens with one attached hydrogen (secondary N) is 1. The molecule has 1 N–H and O–H groups in total. The second kappa shape index (κ2) is 7.95. The van der Waals surface area contributed by atoms with Gasteiger partial charge >= 0.3 is 0 Å². The molecule has 2 rings (SSSR count). The first-order valence-electron chi connectivity index (χ1n) is 8.13. The summed E-state index contributed by atoms with van der Waals surface area (Å²) in [4.78, 5) is 23.6. The van der Waals surface area contributed by atoms with Gasteiger partial charge in [-0.3, -0.25) is 4.79 Å².